The Morgan fingerprint density at radius 3 is 2.50 bits per heavy atom. The number of nitrogens with zero attached hydrogens (tertiary/aromatic N) is 6. The number of halogens is 1. The Kier molecular flexibility index (Phi) is 6.17. The fraction of sp³-hybridized carbons (Fsp3) is 0.308. The summed E-state index contributed by atoms with van der Waals surface area (Å²) in [5.41, 5.74) is 9.53. The van der Waals surface area contributed by atoms with Crippen molar-refractivity contribution in [3.05, 3.63) is 59.8 Å². The standard InChI is InChI=1S/C26H28ClN7O2/c1-26(2,3)36-25(35)32-12-14-33(15-13-32)34-23(19-8-5-11-29-22(19)28)31-21-10-9-20(30-24(21)34)17-6-4-7-18(27)16-17/h4-11,16H,12-15H2,1-3H3,(H2,28,29). The highest BCUT2D eigenvalue weighted by atomic mass is 35.5. The first-order valence-corrected chi connectivity index (χ1v) is 12.2. The van der Waals surface area contributed by atoms with Gasteiger partial charge in [0, 0.05) is 29.9 Å². The molecule has 36 heavy (non-hydrogen) atoms. The second-order valence-corrected chi connectivity index (χ2v) is 10.1. The lowest BCUT2D eigenvalue weighted by Crippen LogP contribution is -2.53. The van der Waals surface area contributed by atoms with E-state index in [1.165, 1.54) is 0 Å². The fourth-order valence-corrected chi connectivity index (χ4v) is 4.40. The Hall–Kier alpha value is -3.85. The SMILES string of the molecule is CC(C)(C)OC(=O)N1CCN(n2c(-c3cccnc3N)nc3ccc(-c4cccc(Cl)c4)nc32)CC1. The average molecular weight is 506 g/mol. The van der Waals surface area contributed by atoms with Gasteiger partial charge in [-0.3, -0.25) is 0 Å². The van der Waals surface area contributed by atoms with E-state index >= 15 is 0 Å². The molecule has 1 saturated heterocycles. The van der Waals surface area contributed by atoms with Crippen LogP contribution in [0.15, 0.2) is 54.7 Å². The van der Waals surface area contributed by atoms with Crippen molar-refractivity contribution < 1.29 is 9.53 Å². The Bertz CT molecular complexity index is 1420. The van der Waals surface area contributed by atoms with Gasteiger partial charge in [0.15, 0.2) is 11.5 Å². The van der Waals surface area contributed by atoms with Crippen molar-refractivity contribution >= 4 is 34.7 Å². The van der Waals surface area contributed by atoms with Crippen molar-refractivity contribution in [3.8, 4) is 22.6 Å². The number of hydrogen-bond acceptors (Lipinski definition) is 7. The predicted octanol–water partition coefficient (Wildman–Crippen LogP) is 4.58. The van der Waals surface area contributed by atoms with Gasteiger partial charge in [-0.1, -0.05) is 23.7 Å². The molecule has 186 valence electrons. The lowest BCUT2D eigenvalue weighted by atomic mass is 10.1. The van der Waals surface area contributed by atoms with E-state index in [9.17, 15) is 4.79 Å². The van der Waals surface area contributed by atoms with Crippen LogP contribution in [0, 0.1) is 0 Å². The number of fused-ring (bicyclic) bond motifs is 1. The Labute approximate surface area is 214 Å². The number of carbonyl (C=O) groups excluding carboxylic acids is 1. The van der Waals surface area contributed by atoms with Gasteiger partial charge < -0.3 is 20.4 Å². The number of nitrogens with two attached hydrogens (primary N) is 1. The summed E-state index contributed by atoms with van der Waals surface area (Å²) in [6, 6.07) is 15.2. The van der Waals surface area contributed by atoms with Gasteiger partial charge in [0.2, 0.25) is 0 Å². The molecular formula is C26H28ClN7O2. The van der Waals surface area contributed by atoms with Gasteiger partial charge in [0.25, 0.3) is 0 Å². The number of hydrogen-bond donors (Lipinski definition) is 1. The lowest BCUT2D eigenvalue weighted by Gasteiger charge is -2.37. The van der Waals surface area contributed by atoms with Gasteiger partial charge in [-0.15, -0.1) is 0 Å². The van der Waals surface area contributed by atoms with Crippen molar-refractivity contribution in [1.82, 2.24) is 24.5 Å². The molecule has 4 heterocycles. The van der Waals surface area contributed by atoms with Crippen molar-refractivity contribution in [3.63, 3.8) is 0 Å². The van der Waals surface area contributed by atoms with E-state index in [0.29, 0.717) is 48.5 Å². The van der Waals surface area contributed by atoms with Crippen LogP contribution in [0.2, 0.25) is 5.02 Å². The number of ether oxygens (including phenoxy) is 1. The quantitative estimate of drug-likeness (QED) is 0.434. The first kappa shape index (κ1) is 23.9. The minimum atomic E-state index is -0.541. The summed E-state index contributed by atoms with van der Waals surface area (Å²) in [4.78, 5) is 28.4. The van der Waals surface area contributed by atoms with Crippen LogP contribution >= 0.6 is 11.6 Å². The molecule has 2 N–H and O–H groups in total. The predicted molar refractivity (Wildman–Crippen MR) is 141 cm³/mol. The number of anilines is 1. The minimum Gasteiger partial charge on any atom is -0.444 e. The third-order valence-electron chi connectivity index (χ3n) is 5.87. The number of carbonyl (C=O) groups is 1. The number of aromatic nitrogens is 4. The molecule has 4 aromatic rings. The molecule has 10 heteroatoms. The molecule has 1 fully saturated rings. The smallest absolute Gasteiger partial charge is 0.410 e. The normalized spacial score (nSPS) is 14.3. The maximum Gasteiger partial charge on any atom is 0.410 e. The zero-order chi connectivity index (χ0) is 25.4. The zero-order valence-electron chi connectivity index (χ0n) is 20.5. The van der Waals surface area contributed by atoms with Gasteiger partial charge in [-0.25, -0.2) is 24.4 Å². The van der Waals surface area contributed by atoms with E-state index in [2.05, 4.69) is 9.99 Å². The van der Waals surface area contributed by atoms with E-state index in [1.54, 1.807) is 11.1 Å². The molecule has 3 aromatic heterocycles. The monoisotopic (exact) mass is 505 g/mol. The fourth-order valence-electron chi connectivity index (χ4n) is 4.21. The summed E-state index contributed by atoms with van der Waals surface area (Å²) in [5, 5.41) is 2.78. The number of amides is 1. The average Bonchev–Trinajstić information content (AvgIpc) is 3.22. The molecule has 5 rings (SSSR count). The molecule has 0 atom stereocenters. The van der Waals surface area contributed by atoms with E-state index in [-0.39, 0.29) is 6.09 Å². The van der Waals surface area contributed by atoms with Crippen LogP contribution in [0.25, 0.3) is 33.8 Å². The topological polar surface area (TPSA) is 102 Å². The maximum absolute atomic E-state index is 12.6. The second kappa shape index (κ2) is 9.31. The van der Waals surface area contributed by atoms with Gasteiger partial charge >= 0.3 is 6.09 Å². The van der Waals surface area contributed by atoms with Crippen molar-refractivity contribution in [1.29, 1.82) is 0 Å². The molecule has 0 radical (unpaired) electrons. The Morgan fingerprint density at radius 2 is 1.81 bits per heavy atom. The summed E-state index contributed by atoms with van der Waals surface area (Å²) < 4.78 is 7.55. The summed E-state index contributed by atoms with van der Waals surface area (Å²) in [7, 11) is 0. The highest BCUT2D eigenvalue weighted by molar-refractivity contribution is 6.30. The van der Waals surface area contributed by atoms with E-state index in [4.69, 9.17) is 32.0 Å². The summed E-state index contributed by atoms with van der Waals surface area (Å²) in [6.45, 7) is 7.75. The molecule has 0 unspecified atom stereocenters. The van der Waals surface area contributed by atoms with Gasteiger partial charge in [-0.2, -0.15) is 0 Å². The third kappa shape index (κ3) is 4.79. The highest BCUT2D eigenvalue weighted by Crippen LogP contribution is 2.30. The summed E-state index contributed by atoms with van der Waals surface area (Å²) >= 11 is 6.23. The Morgan fingerprint density at radius 1 is 1.03 bits per heavy atom. The molecule has 1 aliphatic rings. The summed E-state index contributed by atoms with van der Waals surface area (Å²) in [6.07, 6.45) is 1.34. The van der Waals surface area contributed by atoms with Crippen molar-refractivity contribution in [2.45, 2.75) is 26.4 Å². The van der Waals surface area contributed by atoms with Crippen LogP contribution in [0.5, 0.6) is 0 Å². The zero-order valence-corrected chi connectivity index (χ0v) is 21.2. The van der Waals surface area contributed by atoms with Crippen LogP contribution in [0.4, 0.5) is 10.6 Å². The van der Waals surface area contributed by atoms with Crippen LogP contribution in [0.1, 0.15) is 20.8 Å². The number of nitrogen functional groups attached to an aromatic ring is 1. The van der Waals surface area contributed by atoms with E-state index < -0.39 is 5.60 Å². The lowest BCUT2D eigenvalue weighted by molar-refractivity contribution is 0.0233. The van der Waals surface area contributed by atoms with Gasteiger partial charge in [-0.05, 0) is 57.2 Å². The maximum atomic E-state index is 12.6. The Balaban J connectivity index is 1.55. The molecule has 1 aromatic carbocycles. The van der Waals surface area contributed by atoms with Gasteiger partial charge in [0.1, 0.15) is 16.9 Å². The van der Waals surface area contributed by atoms with Crippen molar-refractivity contribution in [2.24, 2.45) is 0 Å². The number of rotatable bonds is 3. The molecule has 1 aliphatic heterocycles. The molecule has 0 spiro atoms. The number of benzene rings is 1. The van der Waals surface area contributed by atoms with Crippen LogP contribution < -0.4 is 10.7 Å². The molecule has 0 aliphatic carbocycles. The van der Waals surface area contributed by atoms with Crippen molar-refractivity contribution in [2.75, 3.05) is 36.9 Å². The first-order valence-electron chi connectivity index (χ1n) is 11.8. The molecule has 1 amide bonds. The largest absolute Gasteiger partial charge is 0.444 e. The highest BCUT2D eigenvalue weighted by Gasteiger charge is 2.29. The third-order valence-corrected chi connectivity index (χ3v) is 6.11. The minimum absolute atomic E-state index is 0.310. The van der Waals surface area contributed by atoms with Crippen LogP contribution in [0.3, 0.4) is 0 Å². The summed E-state index contributed by atoms with van der Waals surface area (Å²) in [5.74, 6) is 1.04. The van der Waals surface area contributed by atoms with Crippen LogP contribution in [-0.4, -0.2) is 62.4 Å². The van der Waals surface area contributed by atoms with E-state index in [1.807, 2.05) is 74.0 Å². The van der Waals surface area contributed by atoms with Crippen LogP contribution in [-0.2, 0) is 4.74 Å². The number of pyridine rings is 2. The van der Waals surface area contributed by atoms with E-state index in [0.717, 1.165) is 22.3 Å². The first-order chi connectivity index (χ1) is 17.2. The second-order valence-electron chi connectivity index (χ2n) is 9.65. The molecule has 0 saturated carbocycles. The molecule has 0 bridgehead atoms. The number of imidazole rings is 1. The molecule has 9 nitrogen and oxygen atoms in total. The van der Waals surface area contributed by atoms with Gasteiger partial charge in [0.05, 0.1) is 24.3 Å². The number of piperazine rings is 1. The molecular weight excluding hydrogens is 478 g/mol.